The molecule has 3 aromatic rings. The van der Waals surface area contributed by atoms with Crippen molar-refractivity contribution in [1.29, 1.82) is 0 Å². The molecule has 0 unspecified atom stereocenters. The number of aliphatic hydroxyl groups is 1. The molecule has 0 aliphatic carbocycles. The summed E-state index contributed by atoms with van der Waals surface area (Å²) in [5.41, 5.74) is 5.39. The summed E-state index contributed by atoms with van der Waals surface area (Å²) in [7, 11) is 1.96. The van der Waals surface area contributed by atoms with Crippen molar-refractivity contribution >= 4 is 0 Å². The molecule has 1 atom stereocenters. The van der Waals surface area contributed by atoms with Gasteiger partial charge in [-0.15, -0.1) is 0 Å². The molecule has 0 radical (unpaired) electrons. The van der Waals surface area contributed by atoms with Gasteiger partial charge in [-0.3, -0.25) is 14.6 Å². The van der Waals surface area contributed by atoms with E-state index in [1.807, 2.05) is 36.1 Å². The van der Waals surface area contributed by atoms with E-state index < -0.39 is 0 Å². The molecule has 27 heavy (non-hydrogen) atoms. The highest BCUT2D eigenvalue weighted by Gasteiger charge is 2.23. The lowest BCUT2D eigenvalue weighted by Gasteiger charge is -2.32. The van der Waals surface area contributed by atoms with Crippen molar-refractivity contribution in [1.82, 2.24) is 19.7 Å². The van der Waals surface area contributed by atoms with Crippen LogP contribution >= 0.6 is 0 Å². The fourth-order valence-corrected chi connectivity index (χ4v) is 3.92. The van der Waals surface area contributed by atoms with Crippen molar-refractivity contribution in [2.45, 2.75) is 31.9 Å². The molecule has 0 bridgehead atoms. The van der Waals surface area contributed by atoms with E-state index in [4.69, 9.17) is 4.98 Å². The Morgan fingerprint density at radius 3 is 2.85 bits per heavy atom. The van der Waals surface area contributed by atoms with Crippen molar-refractivity contribution in [3.05, 3.63) is 71.7 Å². The predicted molar refractivity (Wildman–Crippen MR) is 106 cm³/mol. The van der Waals surface area contributed by atoms with Gasteiger partial charge in [0.2, 0.25) is 0 Å². The molecule has 5 heteroatoms. The molecule has 1 fully saturated rings. The van der Waals surface area contributed by atoms with Crippen molar-refractivity contribution in [2.75, 3.05) is 13.1 Å². The van der Waals surface area contributed by atoms with Crippen LogP contribution in [0.3, 0.4) is 0 Å². The first-order chi connectivity index (χ1) is 13.2. The molecular formula is C22H26N4O. The van der Waals surface area contributed by atoms with E-state index in [0.717, 1.165) is 42.1 Å². The standard InChI is InChI=1S/C22H26N4O/c1-25-13-18(12-23-25)14-26-10-4-7-20(15-26)22-9-3-8-21(24-22)19-6-2-5-17(11-19)16-27/h2-3,5-6,8-9,11-13,20,27H,4,7,10,14-16H2,1H3/t20-/m0/s1. The van der Waals surface area contributed by atoms with Gasteiger partial charge in [0.25, 0.3) is 0 Å². The van der Waals surface area contributed by atoms with E-state index in [1.165, 1.54) is 18.4 Å². The first-order valence-electron chi connectivity index (χ1n) is 9.58. The van der Waals surface area contributed by atoms with Crippen LogP contribution in [0.2, 0.25) is 0 Å². The number of rotatable bonds is 5. The average molecular weight is 362 g/mol. The highest BCUT2D eigenvalue weighted by molar-refractivity contribution is 5.60. The molecule has 5 nitrogen and oxygen atoms in total. The van der Waals surface area contributed by atoms with Crippen LogP contribution in [0.15, 0.2) is 54.9 Å². The summed E-state index contributed by atoms with van der Waals surface area (Å²) in [6.07, 6.45) is 6.42. The molecule has 1 aliphatic rings. The van der Waals surface area contributed by atoms with Crippen LogP contribution in [0, 0.1) is 0 Å². The number of aryl methyl sites for hydroxylation is 1. The zero-order chi connectivity index (χ0) is 18.6. The van der Waals surface area contributed by atoms with E-state index in [2.05, 4.69) is 40.5 Å². The van der Waals surface area contributed by atoms with Gasteiger partial charge in [0.05, 0.1) is 18.5 Å². The van der Waals surface area contributed by atoms with Crippen LogP contribution in [0.4, 0.5) is 0 Å². The smallest absolute Gasteiger partial charge is 0.0705 e. The normalized spacial score (nSPS) is 17.9. The average Bonchev–Trinajstić information content (AvgIpc) is 3.13. The van der Waals surface area contributed by atoms with E-state index in [0.29, 0.717) is 5.92 Å². The quantitative estimate of drug-likeness (QED) is 0.756. The van der Waals surface area contributed by atoms with Crippen molar-refractivity contribution in [3.8, 4) is 11.3 Å². The number of likely N-dealkylation sites (tertiary alicyclic amines) is 1. The van der Waals surface area contributed by atoms with Gasteiger partial charge in [-0.05, 0) is 43.1 Å². The minimum absolute atomic E-state index is 0.0550. The van der Waals surface area contributed by atoms with Gasteiger partial charge in [-0.2, -0.15) is 5.10 Å². The van der Waals surface area contributed by atoms with Gasteiger partial charge >= 0.3 is 0 Å². The monoisotopic (exact) mass is 362 g/mol. The molecule has 0 amide bonds. The Morgan fingerprint density at radius 2 is 2.04 bits per heavy atom. The predicted octanol–water partition coefficient (Wildman–Crippen LogP) is 3.35. The maximum atomic E-state index is 9.39. The summed E-state index contributed by atoms with van der Waals surface area (Å²) >= 11 is 0. The van der Waals surface area contributed by atoms with Crippen LogP contribution < -0.4 is 0 Å². The van der Waals surface area contributed by atoms with E-state index in [1.54, 1.807) is 0 Å². The third-order valence-electron chi connectivity index (χ3n) is 5.26. The lowest BCUT2D eigenvalue weighted by Crippen LogP contribution is -2.34. The van der Waals surface area contributed by atoms with Crippen LogP contribution in [0.5, 0.6) is 0 Å². The lowest BCUT2D eigenvalue weighted by atomic mass is 9.93. The van der Waals surface area contributed by atoms with Crippen molar-refractivity contribution in [3.63, 3.8) is 0 Å². The van der Waals surface area contributed by atoms with E-state index in [-0.39, 0.29) is 6.61 Å². The largest absolute Gasteiger partial charge is 0.392 e. The molecule has 2 aromatic heterocycles. The first kappa shape index (κ1) is 17.9. The lowest BCUT2D eigenvalue weighted by molar-refractivity contribution is 0.198. The SMILES string of the molecule is Cn1cc(CN2CCC[C@H](c3cccc(-c4cccc(CO)c4)n3)C2)cn1. The maximum Gasteiger partial charge on any atom is 0.0705 e. The summed E-state index contributed by atoms with van der Waals surface area (Å²) in [4.78, 5) is 7.47. The summed E-state index contributed by atoms with van der Waals surface area (Å²) in [6, 6.07) is 14.3. The Bertz CT molecular complexity index is 905. The highest BCUT2D eigenvalue weighted by atomic mass is 16.3. The van der Waals surface area contributed by atoms with Crippen LogP contribution in [0.1, 0.15) is 35.6 Å². The molecule has 0 spiro atoms. The molecule has 1 N–H and O–H groups in total. The Balaban J connectivity index is 1.50. The second-order valence-corrected chi connectivity index (χ2v) is 7.40. The molecule has 4 rings (SSSR count). The Morgan fingerprint density at radius 1 is 1.15 bits per heavy atom. The number of nitrogens with zero attached hydrogens (tertiary/aromatic N) is 4. The molecule has 1 aliphatic heterocycles. The summed E-state index contributed by atoms with van der Waals surface area (Å²) in [5.74, 6) is 0.455. The Labute approximate surface area is 160 Å². The molecule has 1 aromatic carbocycles. The van der Waals surface area contributed by atoms with Crippen molar-refractivity contribution in [2.24, 2.45) is 7.05 Å². The minimum Gasteiger partial charge on any atom is -0.392 e. The fourth-order valence-electron chi connectivity index (χ4n) is 3.92. The molecule has 0 saturated carbocycles. The topological polar surface area (TPSA) is 54.2 Å². The van der Waals surface area contributed by atoms with E-state index >= 15 is 0 Å². The minimum atomic E-state index is 0.0550. The van der Waals surface area contributed by atoms with Gasteiger partial charge in [0.1, 0.15) is 0 Å². The fraction of sp³-hybridized carbons (Fsp3) is 0.364. The first-order valence-corrected chi connectivity index (χ1v) is 9.58. The van der Waals surface area contributed by atoms with Crippen LogP contribution in [-0.2, 0) is 20.2 Å². The van der Waals surface area contributed by atoms with Crippen LogP contribution in [-0.4, -0.2) is 37.9 Å². The maximum absolute atomic E-state index is 9.39. The van der Waals surface area contributed by atoms with Gasteiger partial charge in [0, 0.05) is 49.1 Å². The number of piperidine rings is 1. The van der Waals surface area contributed by atoms with E-state index in [9.17, 15) is 5.11 Å². The van der Waals surface area contributed by atoms with Crippen molar-refractivity contribution < 1.29 is 5.11 Å². The number of hydrogen-bond acceptors (Lipinski definition) is 4. The summed E-state index contributed by atoms with van der Waals surface area (Å²) in [5, 5.41) is 13.7. The number of aliphatic hydroxyl groups excluding tert-OH is 1. The third-order valence-corrected chi connectivity index (χ3v) is 5.26. The van der Waals surface area contributed by atoms with Gasteiger partial charge in [-0.1, -0.05) is 24.3 Å². The summed E-state index contributed by atoms with van der Waals surface area (Å²) < 4.78 is 1.86. The highest BCUT2D eigenvalue weighted by Crippen LogP contribution is 2.28. The second kappa shape index (κ2) is 8.03. The number of aromatic nitrogens is 3. The van der Waals surface area contributed by atoms with Crippen LogP contribution in [0.25, 0.3) is 11.3 Å². The third kappa shape index (κ3) is 4.26. The molecule has 3 heterocycles. The van der Waals surface area contributed by atoms with Gasteiger partial charge < -0.3 is 5.11 Å². The summed E-state index contributed by atoms with van der Waals surface area (Å²) in [6.45, 7) is 3.16. The number of hydrogen-bond donors (Lipinski definition) is 1. The number of benzene rings is 1. The molecule has 140 valence electrons. The molecular weight excluding hydrogens is 336 g/mol. The Hall–Kier alpha value is -2.50. The Kier molecular flexibility index (Phi) is 5.32. The second-order valence-electron chi connectivity index (χ2n) is 7.40. The molecule has 1 saturated heterocycles. The van der Waals surface area contributed by atoms with Gasteiger partial charge in [0.15, 0.2) is 0 Å². The zero-order valence-electron chi connectivity index (χ0n) is 15.8. The van der Waals surface area contributed by atoms with Gasteiger partial charge in [-0.25, -0.2) is 0 Å². The zero-order valence-corrected chi connectivity index (χ0v) is 15.8. The number of pyridine rings is 1.